The van der Waals surface area contributed by atoms with E-state index in [2.05, 4.69) is 10.2 Å². The molecule has 1 aromatic heterocycles. The minimum absolute atomic E-state index is 0.0405. The number of hydrogen-bond acceptors (Lipinski definition) is 4. The van der Waals surface area contributed by atoms with Crippen LogP contribution in [0.5, 0.6) is 0 Å². The number of halogens is 2. The van der Waals surface area contributed by atoms with Crippen molar-refractivity contribution in [1.82, 2.24) is 14.8 Å². The van der Waals surface area contributed by atoms with Crippen molar-refractivity contribution < 1.29 is 9.90 Å². The van der Waals surface area contributed by atoms with Gasteiger partial charge in [-0.25, -0.2) is 0 Å². The van der Waals surface area contributed by atoms with E-state index < -0.39 is 5.97 Å². The first-order valence-corrected chi connectivity index (χ1v) is 8.04. The first-order valence-electron chi connectivity index (χ1n) is 6.30. The third-order valence-corrected chi connectivity index (χ3v) is 4.39. The molecule has 2 aromatic rings. The molecule has 1 fully saturated rings. The van der Waals surface area contributed by atoms with E-state index in [0.29, 0.717) is 27.1 Å². The highest BCUT2D eigenvalue weighted by Gasteiger charge is 2.30. The molecule has 1 heterocycles. The van der Waals surface area contributed by atoms with Crippen LogP contribution in [0, 0.1) is 0 Å². The molecule has 21 heavy (non-hydrogen) atoms. The maximum absolute atomic E-state index is 10.7. The number of rotatable bonds is 5. The van der Waals surface area contributed by atoms with Gasteiger partial charge in [0.1, 0.15) is 0 Å². The maximum Gasteiger partial charge on any atom is 0.313 e. The van der Waals surface area contributed by atoms with Crippen molar-refractivity contribution in [3.8, 4) is 11.4 Å². The number of benzene rings is 1. The first-order chi connectivity index (χ1) is 10.0. The molecule has 3 rings (SSSR count). The molecule has 1 aliphatic rings. The molecular formula is C13H11Cl2N3O2S. The van der Waals surface area contributed by atoms with E-state index in [0.717, 1.165) is 18.4 Å². The van der Waals surface area contributed by atoms with Crippen LogP contribution in [0.15, 0.2) is 23.4 Å². The van der Waals surface area contributed by atoms with Crippen molar-refractivity contribution in [2.75, 3.05) is 5.75 Å². The summed E-state index contributed by atoms with van der Waals surface area (Å²) in [6.07, 6.45) is 2.08. The van der Waals surface area contributed by atoms with Crippen LogP contribution in [0.1, 0.15) is 18.9 Å². The number of aromatic nitrogens is 3. The normalized spacial score (nSPS) is 14.4. The Morgan fingerprint density at radius 1 is 1.29 bits per heavy atom. The molecule has 0 unspecified atom stereocenters. The van der Waals surface area contributed by atoms with Crippen molar-refractivity contribution in [2.24, 2.45) is 0 Å². The minimum Gasteiger partial charge on any atom is -0.481 e. The Hall–Kier alpha value is -1.24. The van der Waals surface area contributed by atoms with Gasteiger partial charge < -0.3 is 5.11 Å². The summed E-state index contributed by atoms with van der Waals surface area (Å²) in [7, 11) is 0. The molecule has 0 aliphatic heterocycles. The van der Waals surface area contributed by atoms with Gasteiger partial charge in [-0.1, -0.05) is 35.0 Å². The van der Waals surface area contributed by atoms with Gasteiger partial charge in [-0.15, -0.1) is 10.2 Å². The standard InChI is InChI=1S/C13H11Cl2N3O2S/c14-8-3-7(4-9(15)5-8)12-16-17-13(21-6-11(19)20)18(12)10-1-2-10/h3-5,10H,1-2,6H2,(H,19,20). The highest BCUT2D eigenvalue weighted by molar-refractivity contribution is 7.99. The molecule has 110 valence electrons. The zero-order chi connectivity index (χ0) is 15.0. The average molecular weight is 344 g/mol. The van der Waals surface area contributed by atoms with E-state index >= 15 is 0 Å². The number of carboxylic acid groups (broad SMARTS) is 1. The molecule has 8 heteroatoms. The zero-order valence-electron chi connectivity index (χ0n) is 10.8. The predicted molar refractivity (Wildman–Crippen MR) is 82.1 cm³/mol. The fourth-order valence-electron chi connectivity index (χ4n) is 2.04. The second-order valence-corrected chi connectivity index (χ2v) is 6.56. The molecule has 0 bridgehead atoms. The molecule has 0 saturated heterocycles. The van der Waals surface area contributed by atoms with E-state index in [4.69, 9.17) is 28.3 Å². The maximum atomic E-state index is 10.7. The van der Waals surface area contributed by atoms with Gasteiger partial charge in [-0.3, -0.25) is 9.36 Å². The Kier molecular flexibility index (Phi) is 4.10. The van der Waals surface area contributed by atoms with Crippen LogP contribution in [0.3, 0.4) is 0 Å². The lowest BCUT2D eigenvalue weighted by Gasteiger charge is -2.08. The van der Waals surface area contributed by atoms with E-state index in [1.54, 1.807) is 18.2 Å². The monoisotopic (exact) mass is 343 g/mol. The molecule has 1 aromatic carbocycles. The summed E-state index contributed by atoms with van der Waals surface area (Å²) in [5, 5.41) is 18.8. The summed E-state index contributed by atoms with van der Waals surface area (Å²) in [6.45, 7) is 0. The average Bonchev–Trinajstić information content (AvgIpc) is 3.15. The van der Waals surface area contributed by atoms with Crippen molar-refractivity contribution in [1.29, 1.82) is 0 Å². The number of carbonyl (C=O) groups is 1. The highest BCUT2D eigenvalue weighted by atomic mass is 35.5. The molecular weight excluding hydrogens is 333 g/mol. The summed E-state index contributed by atoms with van der Waals surface area (Å²) in [5.74, 6) is -0.242. The Labute approximate surface area is 135 Å². The van der Waals surface area contributed by atoms with Crippen molar-refractivity contribution in [2.45, 2.75) is 24.0 Å². The lowest BCUT2D eigenvalue weighted by molar-refractivity contribution is -0.133. The van der Waals surface area contributed by atoms with Crippen LogP contribution in [-0.2, 0) is 4.79 Å². The summed E-state index contributed by atoms with van der Waals surface area (Å²) in [4.78, 5) is 10.7. The van der Waals surface area contributed by atoms with Gasteiger partial charge in [0.15, 0.2) is 11.0 Å². The SMILES string of the molecule is O=C(O)CSc1nnc(-c2cc(Cl)cc(Cl)c2)n1C1CC1. The van der Waals surface area contributed by atoms with Gasteiger partial charge in [0, 0.05) is 21.7 Å². The Morgan fingerprint density at radius 2 is 1.95 bits per heavy atom. The van der Waals surface area contributed by atoms with Crippen molar-refractivity contribution in [3.63, 3.8) is 0 Å². The number of aliphatic carboxylic acids is 1. The van der Waals surface area contributed by atoms with Gasteiger partial charge in [0.05, 0.1) is 5.75 Å². The molecule has 1 aliphatic carbocycles. The highest BCUT2D eigenvalue weighted by Crippen LogP contribution is 2.41. The van der Waals surface area contributed by atoms with Gasteiger partial charge >= 0.3 is 5.97 Å². The van der Waals surface area contributed by atoms with Crippen LogP contribution in [0.4, 0.5) is 0 Å². The summed E-state index contributed by atoms with van der Waals surface area (Å²) in [5.41, 5.74) is 0.786. The van der Waals surface area contributed by atoms with Gasteiger partial charge in [0.25, 0.3) is 0 Å². The van der Waals surface area contributed by atoms with Crippen LogP contribution >= 0.6 is 35.0 Å². The number of hydrogen-bond donors (Lipinski definition) is 1. The zero-order valence-corrected chi connectivity index (χ0v) is 13.1. The van der Waals surface area contributed by atoms with Crippen molar-refractivity contribution in [3.05, 3.63) is 28.2 Å². The Balaban J connectivity index is 2.00. The number of nitrogens with zero attached hydrogens (tertiary/aromatic N) is 3. The molecule has 0 radical (unpaired) electrons. The summed E-state index contributed by atoms with van der Waals surface area (Å²) in [6, 6.07) is 5.54. The van der Waals surface area contributed by atoms with E-state index in [-0.39, 0.29) is 5.75 Å². The first kappa shape index (κ1) is 14.7. The smallest absolute Gasteiger partial charge is 0.313 e. The van der Waals surface area contributed by atoms with E-state index in [1.807, 2.05) is 4.57 Å². The number of thioether (sulfide) groups is 1. The van der Waals surface area contributed by atoms with Crippen LogP contribution < -0.4 is 0 Å². The summed E-state index contributed by atoms with van der Waals surface area (Å²) < 4.78 is 1.98. The minimum atomic E-state index is -0.877. The largest absolute Gasteiger partial charge is 0.481 e. The van der Waals surface area contributed by atoms with Crippen LogP contribution in [-0.4, -0.2) is 31.6 Å². The molecule has 1 saturated carbocycles. The predicted octanol–water partition coefficient (Wildman–Crippen LogP) is 3.76. The quantitative estimate of drug-likeness (QED) is 0.837. The molecule has 0 spiro atoms. The topological polar surface area (TPSA) is 68.0 Å². The van der Waals surface area contributed by atoms with E-state index in [9.17, 15) is 4.79 Å². The third kappa shape index (κ3) is 3.33. The Morgan fingerprint density at radius 3 is 2.52 bits per heavy atom. The fraction of sp³-hybridized carbons (Fsp3) is 0.308. The molecule has 0 amide bonds. The van der Waals surface area contributed by atoms with Gasteiger partial charge in [-0.05, 0) is 31.0 Å². The molecule has 5 nitrogen and oxygen atoms in total. The third-order valence-electron chi connectivity index (χ3n) is 3.02. The lowest BCUT2D eigenvalue weighted by atomic mass is 10.2. The lowest BCUT2D eigenvalue weighted by Crippen LogP contribution is -2.03. The number of carboxylic acids is 1. The summed E-state index contributed by atoms with van der Waals surface area (Å²) >= 11 is 13.2. The second-order valence-electron chi connectivity index (χ2n) is 4.75. The molecule has 1 N–H and O–H groups in total. The fourth-order valence-corrected chi connectivity index (χ4v) is 3.30. The van der Waals surface area contributed by atoms with Crippen LogP contribution in [0.2, 0.25) is 10.0 Å². The molecule has 0 atom stereocenters. The second kappa shape index (κ2) is 5.87. The van der Waals surface area contributed by atoms with Crippen LogP contribution in [0.25, 0.3) is 11.4 Å². The Bertz CT molecular complexity index is 680. The van der Waals surface area contributed by atoms with Crippen molar-refractivity contribution >= 4 is 40.9 Å². The van der Waals surface area contributed by atoms with E-state index in [1.165, 1.54) is 11.8 Å². The van der Waals surface area contributed by atoms with Gasteiger partial charge in [-0.2, -0.15) is 0 Å². The van der Waals surface area contributed by atoms with Gasteiger partial charge in [0.2, 0.25) is 0 Å².